The van der Waals surface area contributed by atoms with Crippen LogP contribution in [0.15, 0.2) is 10.6 Å². The van der Waals surface area contributed by atoms with Gasteiger partial charge in [0.2, 0.25) is 11.8 Å². The molecule has 2 aliphatic rings. The lowest BCUT2D eigenvalue weighted by molar-refractivity contribution is -0.141. The molecule has 0 aromatic carbocycles. The van der Waals surface area contributed by atoms with Crippen LogP contribution in [0.3, 0.4) is 0 Å². The first-order chi connectivity index (χ1) is 12.0. The maximum Gasteiger partial charge on any atom is 0.276 e. The monoisotopic (exact) mass is 348 g/mol. The Kier molecular flexibility index (Phi) is 5.06. The second-order valence-electron chi connectivity index (χ2n) is 6.72. The second-order valence-corrected chi connectivity index (χ2v) is 6.72. The minimum Gasteiger partial charge on any atom is -0.361 e. The molecule has 0 atom stereocenters. The van der Waals surface area contributed by atoms with Gasteiger partial charge in [0.25, 0.3) is 5.91 Å². The number of likely N-dealkylation sites (tertiary alicyclic amines) is 1. The van der Waals surface area contributed by atoms with Crippen molar-refractivity contribution in [2.24, 2.45) is 5.92 Å². The summed E-state index contributed by atoms with van der Waals surface area (Å²) in [5.41, 5.74) is 0.314. The van der Waals surface area contributed by atoms with Crippen molar-refractivity contribution in [1.29, 1.82) is 0 Å². The summed E-state index contributed by atoms with van der Waals surface area (Å²) in [4.78, 5) is 41.7. The predicted molar refractivity (Wildman–Crippen MR) is 88.7 cm³/mol. The van der Waals surface area contributed by atoms with Crippen molar-refractivity contribution in [2.45, 2.75) is 26.7 Å². The topological polar surface area (TPSA) is 87.0 Å². The Morgan fingerprint density at radius 1 is 1.00 bits per heavy atom. The van der Waals surface area contributed by atoms with Gasteiger partial charge in [-0.15, -0.1) is 0 Å². The van der Waals surface area contributed by atoms with Crippen molar-refractivity contribution < 1.29 is 18.9 Å². The van der Waals surface area contributed by atoms with Gasteiger partial charge in [-0.05, 0) is 19.8 Å². The standard InChI is InChI=1S/C17H24N4O4/c1-12-11-15(18-25-12)17(24)21-9-7-20(8-10-21)16(23)14-3-5-19(6-4-14)13(2)22/h11,14H,3-10H2,1-2H3. The largest absolute Gasteiger partial charge is 0.361 e. The second kappa shape index (κ2) is 7.25. The van der Waals surface area contributed by atoms with E-state index in [2.05, 4.69) is 5.16 Å². The molecule has 8 nitrogen and oxygen atoms in total. The molecule has 8 heteroatoms. The lowest BCUT2D eigenvalue weighted by Crippen LogP contribution is -2.53. The molecule has 2 aliphatic heterocycles. The number of nitrogens with zero attached hydrogens (tertiary/aromatic N) is 4. The van der Waals surface area contributed by atoms with Crippen LogP contribution < -0.4 is 0 Å². The lowest BCUT2D eigenvalue weighted by atomic mass is 9.95. The Balaban J connectivity index is 1.49. The number of hydrogen-bond donors (Lipinski definition) is 0. The van der Waals surface area contributed by atoms with Gasteiger partial charge in [-0.3, -0.25) is 14.4 Å². The van der Waals surface area contributed by atoms with Crippen LogP contribution in [-0.4, -0.2) is 76.8 Å². The highest BCUT2D eigenvalue weighted by Crippen LogP contribution is 2.21. The molecule has 2 saturated heterocycles. The third-order valence-electron chi connectivity index (χ3n) is 5.02. The van der Waals surface area contributed by atoms with Crippen LogP contribution in [0.1, 0.15) is 36.0 Å². The zero-order valence-electron chi connectivity index (χ0n) is 14.7. The van der Waals surface area contributed by atoms with Gasteiger partial charge in [0, 0.05) is 58.2 Å². The average Bonchev–Trinajstić information content (AvgIpc) is 3.07. The van der Waals surface area contributed by atoms with Gasteiger partial charge >= 0.3 is 0 Å². The smallest absolute Gasteiger partial charge is 0.276 e. The van der Waals surface area contributed by atoms with Crippen LogP contribution in [0.2, 0.25) is 0 Å². The van der Waals surface area contributed by atoms with E-state index in [4.69, 9.17) is 4.52 Å². The minimum atomic E-state index is -0.154. The van der Waals surface area contributed by atoms with Crippen molar-refractivity contribution in [2.75, 3.05) is 39.3 Å². The fourth-order valence-corrected chi connectivity index (χ4v) is 3.46. The van der Waals surface area contributed by atoms with E-state index >= 15 is 0 Å². The number of aromatic nitrogens is 1. The Bertz CT molecular complexity index is 655. The van der Waals surface area contributed by atoms with Gasteiger partial charge in [0.1, 0.15) is 5.76 Å². The van der Waals surface area contributed by atoms with Crippen LogP contribution in [0.25, 0.3) is 0 Å². The van der Waals surface area contributed by atoms with E-state index in [1.807, 2.05) is 4.90 Å². The molecule has 0 radical (unpaired) electrons. The van der Waals surface area contributed by atoms with Crippen LogP contribution in [0.5, 0.6) is 0 Å². The fraction of sp³-hybridized carbons (Fsp3) is 0.647. The molecule has 2 fully saturated rings. The quantitative estimate of drug-likeness (QED) is 0.778. The molecule has 136 valence electrons. The van der Waals surface area contributed by atoms with E-state index in [1.165, 1.54) is 0 Å². The van der Waals surface area contributed by atoms with Crippen molar-refractivity contribution in [1.82, 2.24) is 19.9 Å². The van der Waals surface area contributed by atoms with Gasteiger partial charge in [-0.1, -0.05) is 5.16 Å². The molecule has 0 bridgehead atoms. The van der Waals surface area contributed by atoms with E-state index in [9.17, 15) is 14.4 Å². The maximum absolute atomic E-state index is 12.7. The highest BCUT2D eigenvalue weighted by molar-refractivity contribution is 5.92. The number of hydrogen-bond acceptors (Lipinski definition) is 5. The molecule has 0 spiro atoms. The zero-order valence-corrected chi connectivity index (χ0v) is 14.7. The summed E-state index contributed by atoms with van der Waals surface area (Å²) in [5, 5.41) is 3.76. The summed E-state index contributed by atoms with van der Waals surface area (Å²) in [6, 6.07) is 1.63. The van der Waals surface area contributed by atoms with E-state index in [-0.39, 0.29) is 23.6 Å². The molecule has 3 heterocycles. The normalized spacial score (nSPS) is 19.2. The first kappa shape index (κ1) is 17.4. The molecule has 0 N–H and O–H groups in total. The number of carbonyl (C=O) groups is 3. The maximum atomic E-state index is 12.7. The minimum absolute atomic E-state index is 0.0176. The summed E-state index contributed by atoms with van der Waals surface area (Å²) >= 11 is 0. The third-order valence-corrected chi connectivity index (χ3v) is 5.02. The predicted octanol–water partition coefficient (Wildman–Crippen LogP) is 0.526. The molecule has 0 aliphatic carbocycles. The van der Waals surface area contributed by atoms with Crippen LogP contribution in [-0.2, 0) is 9.59 Å². The van der Waals surface area contributed by atoms with Gasteiger partial charge in [-0.25, -0.2) is 0 Å². The third kappa shape index (κ3) is 3.83. The number of aryl methyl sites for hydroxylation is 1. The summed E-state index contributed by atoms with van der Waals surface area (Å²) in [6.45, 7) is 6.69. The Morgan fingerprint density at radius 2 is 1.60 bits per heavy atom. The first-order valence-corrected chi connectivity index (χ1v) is 8.72. The van der Waals surface area contributed by atoms with Crippen molar-refractivity contribution in [3.63, 3.8) is 0 Å². The van der Waals surface area contributed by atoms with E-state index in [0.29, 0.717) is 50.7 Å². The lowest BCUT2D eigenvalue weighted by Gasteiger charge is -2.38. The average molecular weight is 348 g/mol. The Labute approximate surface area is 146 Å². The van der Waals surface area contributed by atoms with Gasteiger partial charge in [0.15, 0.2) is 5.69 Å². The number of amides is 3. The summed E-state index contributed by atoms with van der Waals surface area (Å²) < 4.78 is 4.95. The molecule has 3 rings (SSSR count). The van der Waals surface area contributed by atoms with Crippen molar-refractivity contribution in [3.8, 4) is 0 Å². The molecule has 1 aromatic rings. The molecular weight excluding hydrogens is 324 g/mol. The number of piperazine rings is 1. The highest BCUT2D eigenvalue weighted by atomic mass is 16.5. The van der Waals surface area contributed by atoms with Gasteiger partial charge in [-0.2, -0.15) is 0 Å². The highest BCUT2D eigenvalue weighted by Gasteiger charge is 2.32. The number of rotatable bonds is 2. The molecule has 0 unspecified atom stereocenters. The van der Waals surface area contributed by atoms with E-state index in [1.54, 1.807) is 29.7 Å². The van der Waals surface area contributed by atoms with Crippen LogP contribution in [0.4, 0.5) is 0 Å². The Hall–Kier alpha value is -2.38. The van der Waals surface area contributed by atoms with E-state index < -0.39 is 0 Å². The van der Waals surface area contributed by atoms with Crippen LogP contribution in [0, 0.1) is 12.8 Å². The molecule has 1 aromatic heterocycles. The summed E-state index contributed by atoms with van der Waals surface area (Å²) in [5.74, 6) is 0.650. The summed E-state index contributed by atoms with van der Waals surface area (Å²) in [6.07, 6.45) is 1.44. The molecule has 25 heavy (non-hydrogen) atoms. The fourth-order valence-electron chi connectivity index (χ4n) is 3.46. The summed E-state index contributed by atoms with van der Waals surface area (Å²) in [7, 11) is 0. The van der Waals surface area contributed by atoms with E-state index in [0.717, 1.165) is 12.8 Å². The number of carbonyl (C=O) groups excluding carboxylic acids is 3. The molecule has 3 amide bonds. The first-order valence-electron chi connectivity index (χ1n) is 8.72. The zero-order chi connectivity index (χ0) is 18.0. The molecular formula is C17H24N4O4. The van der Waals surface area contributed by atoms with Crippen LogP contribution >= 0.6 is 0 Å². The van der Waals surface area contributed by atoms with Crippen molar-refractivity contribution >= 4 is 17.7 Å². The SMILES string of the molecule is CC(=O)N1CCC(C(=O)N2CCN(C(=O)c3cc(C)on3)CC2)CC1. The molecule has 0 saturated carbocycles. The van der Waals surface area contributed by atoms with Gasteiger partial charge in [0.05, 0.1) is 0 Å². The number of piperidine rings is 1. The Morgan fingerprint density at radius 3 is 2.12 bits per heavy atom. The van der Waals surface area contributed by atoms with Gasteiger partial charge < -0.3 is 19.2 Å². The van der Waals surface area contributed by atoms with Crippen molar-refractivity contribution in [3.05, 3.63) is 17.5 Å².